The third-order valence-electron chi connectivity index (χ3n) is 4.85. The van der Waals surface area contributed by atoms with Crippen LogP contribution in [0, 0.1) is 5.92 Å². The van der Waals surface area contributed by atoms with Crippen molar-refractivity contribution in [1.29, 1.82) is 0 Å². The van der Waals surface area contributed by atoms with Gasteiger partial charge in [-0.15, -0.1) is 11.3 Å². The molecule has 2 unspecified atom stereocenters. The molecule has 8 heteroatoms. The molecule has 4 rings (SSSR count). The van der Waals surface area contributed by atoms with Crippen LogP contribution in [-0.2, 0) is 19.5 Å². The van der Waals surface area contributed by atoms with Crippen molar-refractivity contribution in [1.82, 2.24) is 24.2 Å². The van der Waals surface area contributed by atoms with E-state index in [2.05, 4.69) is 23.9 Å². The number of fused-ring (bicyclic) bond motifs is 3. The largest absolute Gasteiger partial charge is 0.345 e. The van der Waals surface area contributed by atoms with Crippen LogP contribution in [-0.4, -0.2) is 42.2 Å². The molecule has 2 aliphatic heterocycles. The van der Waals surface area contributed by atoms with Crippen molar-refractivity contribution < 1.29 is 4.79 Å². The van der Waals surface area contributed by atoms with Crippen LogP contribution >= 0.6 is 11.3 Å². The zero-order valence-electron chi connectivity index (χ0n) is 13.9. The highest BCUT2D eigenvalue weighted by molar-refractivity contribution is 7.07. The van der Waals surface area contributed by atoms with Gasteiger partial charge in [-0.3, -0.25) is 9.36 Å². The van der Waals surface area contributed by atoms with Crippen molar-refractivity contribution in [3.63, 3.8) is 0 Å². The molecule has 0 aliphatic carbocycles. The Balaban J connectivity index is 1.65. The molecule has 24 heavy (non-hydrogen) atoms. The van der Waals surface area contributed by atoms with Gasteiger partial charge in [0.2, 0.25) is 0 Å². The molecule has 0 N–H and O–H groups in total. The Kier molecular flexibility index (Phi) is 3.79. The molecule has 2 aromatic rings. The van der Waals surface area contributed by atoms with Crippen molar-refractivity contribution >= 4 is 17.2 Å². The average molecular weight is 347 g/mol. The number of carbonyl (C=O) groups excluding carboxylic acids is 1. The molecule has 7 nitrogen and oxygen atoms in total. The average Bonchev–Trinajstić information content (AvgIpc) is 3.20. The van der Waals surface area contributed by atoms with Crippen molar-refractivity contribution in [2.75, 3.05) is 0 Å². The summed E-state index contributed by atoms with van der Waals surface area (Å²) in [5.74, 6) is 1.17. The van der Waals surface area contributed by atoms with E-state index in [-0.39, 0.29) is 23.7 Å². The van der Waals surface area contributed by atoms with Crippen LogP contribution in [0.15, 0.2) is 15.7 Å². The van der Waals surface area contributed by atoms with Gasteiger partial charge in [0.15, 0.2) is 0 Å². The van der Waals surface area contributed by atoms with Crippen LogP contribution in [0.1, 0.15) is 43.0 Å². The minimum Gasteiger partial charge on any atom is -0.329 e. The fraction of sp³-hybridized carbons (Fsp3) is 0.625. The number of aromatic nitrogens is 4. The molecule has 2 atom stereocenters. The summed E-state index contributed by atoms with van der Waals surface area (Å²) in [6.45, 7) is 5.33. The topological polar surface area (TPSA) is 73.0 Å². The highest BCUT2D eigenvalue weighted by atomic mass is 32.1. The van der Waals surface area contributed by atoms with E-state index >= 15 is 0 Å². The highest BCUT2D eigenvalue weighted by Gasteiger charge is 2.42. The van der Waals surface area contributed by atoms with Gasteiger partial charge >= 0.3 is 5.69 Å². The van der Waals surface area contributed by atoms with Crippen LogP contribution in [0.3, 0.4) is 0 Å². The second kappa shape index (κ2) is 5.84. The molecular formula is C16H21N5O2S. The number of nitrogens with zero attached hydrogens (tertiary/aromatic N) is 5. The lowest BCUT2D eigenvalue weighted by Crippen LogP contribution is -2.43. The van der Waals surface area contributed by atoms with Gasteiger partial charge in [-0.05, 0) is 18.8 Å². The Morgan fingerprint density at radius 2 is 2.17 bits per heavy atom. The summed E-state index contributed by atoms with van der Waals surface area (Å²) in [4.78, 5) is 31.5. The molecule has 1 saturated heterocycles. The van der Waals surface area contributed by atoms with Gasteiger partial charge in [0.1, 0.15) is 11.5 Å². The molecule has 1 fully saturated rings. The quantitative estimate of drug-likeness (QED) is 0.841. The van der Waals surface area contributed by atoms with E-state index < -0.39 is 0 Å². The van der Waals surface area contributed by atoms with Crippen molar-refractivity contribution in [2.45, 2.75) is 58.3 Å². The normalized spacial score (nSPS) is 22.7. The number of amides is 1. The molecule has 128 valence electrons. The molecule has 0 saturated carbocycles. The van der Waals surface area contributed by atoms with Gasteiger partial charge in [-0.25, -0.2) is 14.5 Å². The Hall–Kier alpha value is -1.96. The van der Waals surface area contributed by atoms with E-state index in [4.69, 9.17) is 0 Å². The van der Waals surface area contributed by atoms with Crippen molar-refractivity contribution in [3.8, 4) is 0 Å². The van der Waals surface area contributed by atoms with Crippen LogP contribution in [0.5, 0.6) is 0 Å². The summed E-state index contributed by atoms with van der Waals surface area (Å²) >= 11 is 1.43. The van der Waals surface area contributed by atoms with Crippen LogP contribution in [0.2, 0.25) is 0 Å². The first-order valence-corrected chi connectivity index (χ1v) is 9.36. The standard InChI is InChI=1S/C16H21N5O2S/c1-10(2)6-20-16(23)19-7-12-4-3-11(5-14(19)18-20)21(12)15(22)13-8-24-9-17-13/h8-12H,3-7H2,1-2H3. The van der Waals surface area contributed by atoms with Crippen molar-refractivity contribution in [2.24, 2.45) is 5.92 Å². The number of hydrogen-bond donors (Lipinski definition) is 0. The first kappa shape index (κ1) is 15.6. The van der Waals surface area contributed by atoms with Gasteiger partial charge in [-0.1, -0.05) is 13.8 Å². The summed E-state index contributed by atoms with van der Waals surface area (Å²) in [5.41, 5.74) is 2.14. The number of carbonyl (C=O) groups is 1. The fourth-order valence-electron chi connectivity index (χ4n) is 3.83. The lowest BCUT2D eigenvalue weighted by Gasteiger charge is -2.27. The first-order valence-electron chi connectivity index (χ1n) is 8.42. The monoisotopic (exact) mass is 347 g/mol. The maximum atomic E-state index is 12.8. The maximum Gasteiger partial charge on any atom is 0.345 e. The van der Waals surface area contributed by atoms with Gasteiger partial charge in [0.25, 0.3) is 5.91 Å². The summed E-state index contributed by atoms with van der Waals surface area (Å²) in [7, 11) is 0. The van der Waals surface area contributed by atoms with Crippen LogP contribution in [0.4, 0.5) is 0 Å². The molecule has 4 heterocycles. The summed E-state index contributed by atoms with van der Waals surface area (Å²) in [5, 5.41) is 6.33. The van der Waals surface area contributed by atoms with Crippen LogP contribution in [0.25, 0.3) is 0 Å². The lowest BCUT2D eigenvalue weighted by atomic mass is 10.1. The SMILES string of the molecule is CC(C)Cn1nc2n(c1=O)CC1CCC(C2)N1C(=O)c1cscn1. The predicted molar refractivity (Wildman–Crippen MR) is 90.1 cm³/mol. The fourth-order valence-corrected chi connectivity index (χ4v) is 4.36. The Labute approximate surface area is 143 Å². The van der Waals surface area contributed by atoms with E-state index in [9.17, 15) is 9.59 Å². The predicted octanol–water partition coefficient (Wildman–Crippen LogP) is 1.39. The second-order valence-corrected chi connectivity index (χ2v) is 7.78. The van der Waals surface area contributed by atoms with Gasteiger partial charge in [0.05, 0.1) is 11.6 Å². The number of thiazole rings is 1. The van der Waals surface area contributed by atoms with Gasteiger partial charge < -0.3 is 4.90 Å². The molecule has 2 aliphatic rings. The summed E-state index contributed by atoms with van der Waals surface area (Å²) in [6.07, 6.45) is 2.54. The second-order valence-electron chi connectivity index (χ2n) is 7.06. The Morgan fingerprint density at radius 1 is 1.38 bits per heavy atom. The first-order chi connectivity index (χ1) is 11.5. The molecule has 2 aromatic heterocycles. The highest BCUT2D eigenvalue weighted by Crippen LogP contribution is 2.31. The van der Waals surface area contributed by atoms with E-state index in [0.29, 0.717) is 31.1 Å². The maximum absolute atomic E-state index is 12.8. The van der Waals surface area contributed by atoms with E-state index in [1.807, 2.05) is 4.90 Å². The summed E-state index contributed by atoms with van der Waals surface area (Å²) < 4.78 is 3.35. The van der Waals surface area contributed by atoms with Gasteiger partial charge in [0, 0.05) is 30.9 Å². The smallest absolute Gasteiger partial charge is 0.329 e. The van der Waals surface area contributed by atoms with E-state index in [1.165, 1.54) is 11.3 Å². The Morgan fingerprint density at radius 3 is 2.88 bits per heavy atom. The van der Waals surface area contributed by atoms with Crippen LogP contribution < -0.4 is 5.69 Å². The minimum atomic E-state index is -0.0488. The molecule has 0 spiro atoms. The third-order valence-corrected chi connectivity index (χ3v) is 5.44. The third kappa shape index (κ3) is 2.49. The Bertz CT molecular complexity index is 807. The molecular weight excluding hydrogens is 326 g/mol. The molecule has 0 radical (unpaired) electrons. The minimum absolute atomic E-state index is 0.0167. The molecule has 0 aromatic carbocycles. The lowest BCUT2D eigenvalue weighted by molar-refractivity contribution is 0.0659. The molecule has 2 bridgehead atoms. The van der Waals surface area contributed by atoms with Crippen molar-refractivity contribution in [3.05, 3.63) is 32.9 Å². The number of hydrogen-bond acceptors (Lipinski definition) is 5. The summed E-state index contributed by atoms with van der Waals surface area (Å²) in [6, 6.07) is 0.166. The van der Waals surface area contributed by atoms with Gasteiger partial charge in [-0.2, -0.15) is 5.10 Å². The zero-order chi connectivity index (χ0) is 16.8. The molecule has 1 amide bonds. The van der Waals surface area contributed by atoms with E-state index in [1.54, 1.807) is 20.1 Å². The van der Waals surface area contributed by atoms with E-state index in [0.717, 1.165) is 18.7 Å². The number of rotatable bonds is 3. The zero-order valence-corrected chi connectivity index (χ0v) is 14.7.